The monoisotopic (exact) mass is 443 g/mol. The highest BCUT2D eigenvalue weighted by molar-refractivity contribution is 8.18. The molecule has 0 aliphatic carbocycles. The van der Waals surface area contributed by atoms with E-state index in [-0.39, 0.29) is 11.7 Å². The minimum atomic E-state index is -0.706. The fraction of sp³-hybridized carbons (Fsp3) is 0.238. The number of nitro groups is 1. The number of nitro benzene ring substituents is 1. The predicted octanol–water partition coefficient (Wildman–Crippen LogP) is 3.95. The van der Waals surface area contributed by atoms with Gasteiger partial charge in [0.25, 0.3) is 5.91 Å². The summed E-state index contributed by atoms with van der Waals surface area (Å²) in [6.45, 7) is 0.912. The second-order valence-electron chi connectivity index (χ2n) is 6.49. The zero-order chi connectivity index (χ0) is 22.4. The van der Waals surface area contributed by atoms with Gasteiger partial charge in [-0.05, 0) is 48.0 Å². The van der Waals surface area contributed by atoms with Gasteiger partial charge < -0.3 is 14.6 Å². The number of phenolic OH excluding ortho intramolecular Hbond substituents is 1. The zero-order valence-corrected chi connectivity index (χ0v) is 17.8. The third kappa shape index (κ3) is 5.22. The van der Waals surface area contributed by atoms with Gasteiger partial charge in [-0.25, -0.2) is 4.99 Å². The number of amidine groups is 1. The Hall–Kier alpha value is -3.37. The molecule has 0 atom stereocenters. The second kappa shape index (κ2) is 10.1. The number of aliphatic imine (C=N–C) groups is 1. The van der Waals surface area contributed by atoms with E-state index in [1.807, 2.05) is 30.3 Å². The van der Waals surface area contributed by atoms with E-state index in [4.69, 9.17) is 9.47 Å². The molecule has 162 valence electrons. The van der Waals surface area contributed by atoms with Crippen LogP contribution in [0.4, 0.5) is 11.4 Å². The lowest BCUT2D eigenvalue weighted by Crippen LogP contribution is -2.30. The topological polar surface area (TPSA) is 114 Å². The van der Waals surface area contributed by atoms with Crippen molar-refractivity contribution in [2.45, 2.75) is 6.42 Å². The molecule has 0 radical (unpaired) electrons. The molecule has 0 bridgehead atoms. The van der Waals surface area contributed by atoms with Crippen LogP contribution in [-0.4, -0.2) is 53.4 Å². The smallest absolute Gasteiger partial charge is 0.315 e. The third-order valence-electron chi connectivity index (χ3n) is 4.39. The number of methoxy groups -OCH3 is 2. The quantitative estimate of drug-likeness (QED) is 0.284. The van der Waals surface area contributed by atoms with Gasteiger partial charge in [0.05, 0.1) is 22.6 Å². The Morgan fingerprint density at radius 1 is 1.26 bits per heavy atom. The maximum absolute atomic E-state index is 13.0. The number of aromatic hydroxyl groups is 1. The van der Waals surface area contributed by atoms with Crippen LogP contribution in [0.1, 0.15) is 12.0 Å². The number of hydrogen-bond acceptors (Lipinski definition) is 8. The molecule has 1 aliphatic heterocycles. The molecule has 3 rings (SSSR count). The summed E-state index contributed by atoms with van der Waals surface area (Å²) in [6, 6.07) is 11.9. The van der Waals surface area contributed by atoms with Gasteiger partial charge in [-0.3, -0.25) is 19.8 Å². The van der Waals surface area contributed by atoms with Crippen LogP contribution in [0.25, 0.3) is 6.08 Å². The van der Waals surface area contributed by atoms with E-state index in [1.165, 1.54) is 37.1 Å². The summed E-state index contributed by atoms with van der Waals surface area (Å²) in [7, 11) is 2.89. The van der Waals surface area contributed by atoms with Crippen molar-refractivity contribution in [1.82, 2.24) is 4.90 Å². The van der Waals surface area contributed by atoms with E-state index in [2.05, 4.69) is 4.99 Å². The predicted molar refractivity (Wildman–Crippen MR) is 119 cm³/mol. The van der Waals surface area contributed by atoms with Crippen LogP contribution in [0.15, 0.2) is 52.4 Å². The Morgan fingerprint density at radius 3 is 2.65 bits per heavy atom. The van der Waals surface area contributed by atoms with E-state index >= 15 is 0 Å². The number of carbonyl (C=O) groups excluding carboxylic acids is 1. The maximum Gasteiger partial charge on any atom is 0.315 e. The molecule has 0 saturated carbocycles. The summed E-state index contributed by atoms with van der Waals surface area (Å²) in [4.78, 5) is 30.1. The van der Waals surface area contributed by atoms with Gasteiger partial charge in [0, 0.05) is 26.3 Å². The van der Waals surface area contributed by atoms with Crippen LogP contribution in [-0.2, 0) is 9.53 Å². The summed E-state index contributed by atoms with van der Waals surface area (Å²) in [5, 5.41) is 21.7. The summed E-state index contributed by atoms with van der Waals surface area (Å²) < 4.78 is 10.1. The molecule has 1 N–H and O–H groups in total. The van der Waals surface area contributed by atoms with Crippen LogP contribution in [0.3, 0.4) is 0 Å². The molecule has 31 heavy (non-hydrogen) atoms. The molecule has 1 saturated heterocycles. The summed E-state index contributed by atoms with van der Waals surface area (Å²) in [6.07, 6.45) is 2.15. The largest absolute Gasteiger partial charge is 0.500 e. The number of ether oxygens (including phenoxy) is 2. The highest BCUT2D eigenvalue weighted by atomic mass is 32.2. The molecule has 10 heteroatoms. The lowest BCUT2D eigenvalue weighted by Gasteiger charge is -2.15. The molecule has 0 aromatic heterocycles. The SMILES string of the molecule is COCCCN1C(=O)/C(=C/c2cc(OC)c(O)c([N+](=O)[O-])c2)SC1=Nc1ccccc1. The number of hydrogen-bond donors (Lipinski definition) is 1. The molecule has 1 fully saturated rings. The first-order valence-electron chi connectivity index (χ1n) is 9.34. The molecule has 9 nitrogen and oxygen atoms in total. The maximum atomic E-state index is 13.0. The van der Waals surface area contributed by atoms with Gasteiger partial charge in [0.1, 0.15) is 0 Å². The van der Waals surface area contributed by atoms with Crippen molar-refractivity contribution in [3.05, 3.63) is 63.0 Å². The average molecular weight is 443 g/mol. The fourth-order valence-corrected chi connectivity index (χ4v) is 3.94. The number of thioether (sulfide) groups is 1. The first-order chi connectivity index (χ1) is 14.9. The fourth-order valence-electron chi connectivity index (χ4n) is 2.91. The number of para-hydroxylation sites is 1. The molecular weight excluding hydrogens is 422 g/mol. The summed E-state index contributed by atoms with van der Waals surface area (Å²) >= 11 is 1.18. The van der Waals surface area contributed by atoms with Crippen LogP contribution >= 0.6 is 11.8 Å². The molecule has 1 amide bonds. The van der Waals surface area contributed by atoms with Gasteiger partial charge in [-0.2, -0.15) is 0 Å². The lowest BCUT2D eigenvalue weighted by molar-refractivity contribution is -0.386. The highest BCUT2D eigenvalue weighted by Crippen LogP contribution is 2.39. The number of benzene rings is 2. The van der Waals surface area contributed by atoms with Crippen molar-refractivity contribution in [3.63, 3.8) is 0 Å². The van der Waals surface area contributed by atoms with Crippen LogP contribution in [0.5, 0.6) is 11.5 Å². The van der Waals surface area contributed by atoms with Gasteiger partial charge in [0.15, 0.2) is 10.9 Å². The minimum Gasteiger partial charge on any atom is -0.500 e. The molecular formula is C21H21N3O6S. The van der Waals surface area contributed by atoms with Crippen molar-refractivity contribution in [1.29, 1.82) is 0 Å². The summed E-state index contributed by atoms with van der Waals surface area (Å²) in [5.74, 6) is -0.871. The van der Waals surface area contributed by atoms with E-state index in [1.54, 1.807) is 12.0 Å². The van der Waals surface area contributed by atoms with E-state index < -0.39 is 16.4 Å². The van der Waals surface area contributed by atoms with Crippen LogP contribution in [0.2, 0.25) is 0 Å². The Bertz CT molecular complexity index is 1040. The summed E-state index contributed by atoms with van der Waals surface area (Å²) in [5.41, 5.74) is 0.560. The standard InChI is InChI=1S/C21H21N3O6S/c1-29-10-6-9-23-20(26)18(31-21(23)22-15-7-4-3-5-8-15)13-14-11-16(24(27)28)19(25)17(12-14)30-2/h3-5,7-8,11-13,25H,6,9-10H2,1-2H3/b18-13-,22-21?. The van der Waals surface area contributed by atoms with Gasteiger partial charge in [0.2, 0.25) is 5.75 Å². The third-order valence-corrected chi connectivity index (χ3v) is 5.40. The van der Waals surface area contributed by atoms with Crippen molar-refractivity contribution in [2.24, 2.45) is 4.99 Å². The zero-order valence-electron chi connectivity index (χ0n) is 17.0. The van der Waals surface area contributed by atoms with Crippen molar-refractivity contribution < 1.29 is 24.3 Å². The number of phenols is 1. The van der Waals surface area contributed by atoms with E-state index in [9.17, 15) is 20.0 Å². The molecule has 0 unspecified atom stereocenters. The Balaban J connectivity index is 1.98. The first-order valence-corrected chi connectivity index (χ1v) is 10.2. The highest BCUT2D eigenvalue weighted by Gasteiger charge is 2.33. The van der Waals surface area contributed by atoms with Gasteiger partial charge in [-0.15, -0.1) is 0 Å². The van der Waals surface area contributed by atoms with Crippen LogP contribution in [0, 0.1) is 10.1 Å². The Kier molecular flexibility index (Phi) is 7.27. The molecule has 2 aromatic rings. The Morgan fingerprint density at radius 2 is 2.00 bits per heavy atom. The lowest BCUT2D eigenvalue weighted by atomic mass is 10.1. The number of rotatable bonds is 8. The van der Waals surface area contributed by atoms with Gasteiger partial charge in [-0.1, -0.05) is 18.2 Å². The number of nitrogens with zero attached hydrogens (tertiary/aromatic N) is 3. The van der Waals surface area contributed by atoms with E-state index in [0.29, 0.717) is 40.9 Å². The molecule has 1 aliphatic rings. The van der Waals surface area contributed by atoms with Gasteiger partial charge >= 0.3 is 5.69 Å². The molecule has 1 heterocycles. The van der Waals surface area contributed by atoms with E-state index in [0.717, 1.165) is 0 Å². The van der Waals surface area contributed by atoms with Crippen LogP contribution < -0.4 is 4.74 Å². The second-order valence-corrected chi connectivity index (χ2v) is 7.50. The Labute approximate surface area is 183 Å². The molecule has 2 aromatic carbocycles. The molecule has 0 spiro atoms. The first kappa shape index (κ1) is 22.3. The average Bonchev–Trinajstić information content (AvgIpc) is 3.04. The number of carbonyl (C=O) groups is 1. The number of amides is 1. The van der Waals surface area contributed by atoms with Crippen molar-refractivity contribution in [2.75, 3.05) is 27.4 Å². The van der Waals surface area contributed by atoms with Crippen molar-refractivity contribution in [3.8, 4) is 11.5 Å². The normalized spacial score (nSPS) is 16.3. The van der Waals surface area contributed by atoms with Crippen molar-refractivity contribution >= 4 is 40.3 Å². The minimum absolute atomic E-state index is 0.0494.